The van der Waals surface area contributed by atoms with Crippen LogP contribution in [0.5, 0.6) is 11.5 Å². The summed E-state index contributed by atoms with van der Waals surface area (Å²) in [5, 5.41) is 0. The molecule has 1 atom stereocenters. The molecule has 0 spiro atoms. The van der Waals surface area contributed by atoms with Crippen molar-refractivity contribution in [3.8, 4) is 11.5 Å². The van der Waals surface area contributed by atoms with Gasteiger partial charge in [0, 0.05) is 12.0 Å². The summed E-state index contributed by atoms with van der Waals surface area (Å²) in [7, 11) is 0. The van der Waals surface area contributed by atoms with E-state index in [2.05, 4.69) is 25.7 Å². The first-order valence-electron chi connectivity index (χ1n) is 8.13. The topological polar surface area (TPSA) is 21.7 Å². The van der Waals surface area contributed by atoms with Crippen molar-refractivity contribution in [1.82, 2.24) is 4.90 Å². The Balaban J connectivity index is 1.85. The first-order chi connectivity index (χ1) is 10.0. The second kappa shape index (κ2) is 5.53. The highest BCUT2D eigenvalue weighted by molar-refractivity contribution is 5.41. The highest BCUT2D eigenvalue weighted by atomic mass is 16.6. The lowest BCUT2D eigenvalue weighted by Crippen LogP contribution is -2.61. The van der Waals surface area contributed by atoms with Crippen LogP contribution in [0.15, 0.2) is 24.3 Å². The van der Waals surface area contributed by atoms with Gasteiger partial charge in [-0.2, -0.15) is 0 Å². The fourth-order valence-corrected chi connectivity index (χ4v) is 3.25. The maximum atomic E-state index is 6.52. The van der Waals surface area contributed by atoms with Crippen molar-refractivity contribution in [2.75, 3.05) is 26.2 Å². The Bertz CT molecular complexity index is 488. The van der Waals surface area contributed by atoms with E-state index in [1.54, 1.807) is 0 Å². The van der Waals surface area contributed by atoms with Crippen molar-refractivity contribution in [3.63, 3.8) is 0 Å². The molecule has 1 unspecified atom stereocenters. The molecule has 21 heavy (non-hydrogen) atoms. The first-order valence-corrected chi connectivity index (χ1v) is 8.13. The normalized spacial score (nSPS) is 26.6. The molecule has 3 rings (SSSR count). The fourth-order valence-electron chi connectivity index (χ4n) is 3.25. The van der Waals surface area contributed by atoms with Gasteiger partial charge in [-0.05, 0) is 38.1 Å². The second-order valence-corrected chi connectivity index (χ2v) is 7.42. The molecule has 116 valence electrons. The van der Waals surface area contributed by atoms with Crippen molar-refractivity contribution in [3.05, 3.63) is 24.3 Å². The molecule has 0 N–H and O–H groups in total. The van der Waals surface area contributed by atoms with Crippen LogP contribution in [0.3, 0.4) is 0 Å². The first kappa shape index (κ1) is 14.7. The SMILES string of the molecule is CC(C)(C)C1(CN2CCCCC2)COc2ccccc2O1. The Morgan fingerprint density at radius 3 is 2.38 bits per heavy atom. The van der Waals surface area contributed by atoms with Gasteiger partial charge in [0.15, 0.2) is 17.1 Å². The van der Waals surface area contributed by atoms with E-state index in [-0.39, 0.29) is 11.0 Å². The lowest BCUT2D eigenvalue weighted by Gasteiger charge is -2.49. The van der Waals surface area contributed by atoms with Crippen LogP contribution >= 0.6 is 0 Å². The number of benzene rings is 1. The van der Waals surface area contributed by atoms with Gasteiger partial charge in [0.25, 0.3) is 0 Å². The number of nitrogens with zero attached hydrogens (tertiary/aromatic N) is 1. The van der Waals surface area contributed by atoms with E-state index < -0.39 is 0 Å². The van der Waals surface area contributed by atoms with Gasteiger partial charge in [-0.15, -0.1) is 0 Å². The molecule has 1 aromatic carbocycles. The van der Waals surface area contributed by atoms with Crippen molar-refractivity contribution in [2.24, 2.45) is 5.41 Å². The number of fused-ring (bicyclic) bond motifs is 1. The smallest absolute Gasteiger partial charge is 0.162 e. The standard InChI is InChI=1S/C18H27NO2/c1-17(2,3)18(13-19-11-7-4-8-12-19)14-20-15-9-5-6-10-16(15)21-18/h5-6,9-10H,4,7-8,11-14H2,1-3H3. The molecular formula is C18H27NO2. The van der Waals surface area contributed by atoms with Crippen molar-refractivity contribution >= 4 is 0 Å². The molecule has 1 fully saturated rings. The van der Waals surface area contributed by atoms with Gasteiger partial charge in [0.1, 0.15) is 6.61 Å². The molecule has 3 nitrogen and oxygen atoms in total. The third-order valence-electron chi connectivity index (χ3n) is 4.91. The lowest BCUT2D eigenvalue weighted by molar-refractivity contribution is -0.104. The third kappa shape index (κ3) is 2.89. The summed E-state index contributed by atoms with van der Waals surface area (Å²) in [6.45, 7) is 10.7. The fraction of sp³-hybridized carbons (Fsp3) is 0.667. The van der Waals surface area contributed by atoms with Crippen molar-refractivity contribution in [1.29, 1.82) is 0 Å². The molecule has 1 aromatic rings. The Morgan fingerprint density at radius 2 is 1.71 bits per heavy atom. The van der Waals surface area contributed by atoms with E-state index in [9.17, 15) is 0 Å². The predicted octanol–water partition coefficient (Wildman–Crippen LogP) is 3.73. The molecule has 1 saturated heterocycles. The summed E-state index contributed by atoms with van der Waals surface area (Å²) >= 11 is 0. The number of likely N-dealkylation sites (tertiary alicyclic amines) is 1. The van der Waals surface area contributed by atoms with Crippen molar-refractivity contribution in [2.45, 2.75) is 45.6 Å². The average molecular weight is 289 g/mol. The summed E-state index contributed by atoms with van der Waals surface area (Å²) in [5.74, 6) is 1.76. The zero-order valence-electron chi connectivity index (χ0n) is 13.5. The van der Waals surface area contributed by atoms with Crippen molar-refractivity contribution < 1.29 is 9.47 Å². The molecule has 2 aliphatic heterocycles. The molecule has 2 heterocycles. The van der Waals surface area contributed by atoms with E-state index in [4.69, 9.17) is 9.47 Å². The van der Waals surface area contributed by atoms with Gasteiger partial charge >= 0.3 is 0 Å². The minimum absolute atomic E-state index is 0.0258. The van der Waals surface area contributed by atoms with Crippen LogP contribution in [0, 0.1) is 5.41 Å². The van der Waals surface area contributed by atoms with Gasteiger partial charge in [-0.3, -0.25) is 4.90 Å². The van der Waals surface area contributed by atoms with Crippen LogP contribution in [0.25, 0.3) is 0 Å². The highest BCUT2D eigenvalue weighted by Crippen LogP contribution is 2.43. The number of ether oxygens (including phenoxy) is 2. The Labute approximate surface area is 128 Å². The van der Waals surface area contributed by atoms with E-state index in [0.29, 0.717) is 6.61 Å². The Hall–Kier alpha value is -1.22. The average Bonchev–Trinajstić information content (AvgIpc) is 2.47. The third-order valence-corrected chi connectivity index (χ3v) is 4.91. The summed E-state index contributed by atoms with van der Waals surface area (Å²) in [6.07, 6.45) is 3.97. The molecule has 0 aromatic heterocycles. The number of rotatable bonds is 2. The summed E-state index contributed by atoms with van der Waals surface area (Å²) < 4.78 is 12.6. The predicted molar refractivity (Wildman–Crippen MR) is 85.0 cm³/mol. The number of piperidine rings is 1. The van der Waals surface area contributed by atoms with Gasteiger partial charge in [0.2, 0.25) is 0 Å². The molecule has 0 saturated carbocycles. The molecule has 0 aliphatic carbocycles. The van der Waals surface area contributed by atoms with E-state index in [1.807, 2.05) is 24.3 Å². The molecule has 0 amide bonds. The summed E-state index contributed by atoms with van der Waals surface area (Å²) in [5.41, 5.74) is -0.253. The van der Waals surface area contributed by atoms with Crippen LogP contribution in [0.1, 0.15) is 40.0 Å². The highest BCUT2D eigenvalue weighted by Gasteiger charge is 2.49. The van der Waals surface area contributed by atoms with Crippen LogP contribution in [-0.2, 0) is 0 Å². The van der Waals surface area contributed by atoms with Gasteiger partial charge in [0.05, 0.1) is 0 Å². The quantitative estimate of drug-likeness (QED) is 0.828. The van der Waals surface area contributed by atoms with E-state index in [0.717, 1.165) is 18.0 Å². The largest absolute Gasteiger partial charge is 0.485 e. The zero-order valence-corrected chi connectivity index (χ0v) is 13.5. The molecule has 2 aliphatic rings. The Kier molecular flexibility index (Phi) is 3.87. The molecule has 0 bridgehead atoms. The molecule has 0 radical (unpaired) electrons. The maximum absolute atomic E-state index is 6.52. The van der Waals surface area contributed by atoms with Crippen LogP contribution in [0.2, 0.25) is 0 Å². The van der Waals surface area contributed by atoms with E-state index >= 15 is 0 Å². The number of para-hydroxylation sites is 2. The Morgan fingerprint density at radius 1 is 1.05 bits per heavy atom. The van der Waals surface area contributed by atoms with E-state index in [1.165, 1.54) is 32.4 Å². The van der Waals surface area contributed by atoms with Crippen LogP contribution < -0.4 is 9.47 Å². The van der Waals surface area contributed by atoms with Crippen LogP contribution in [-0.4, -0.2) is 36.7 Å². The second-order valence-electron chi connectivity index (χ2n) is 7.42. The zero-order chi connectivity index (χ0) is 14.9. The van der Waals surface area contributed by atoms with Gasteiger partial charge in [-0.1, -0.05) is 39.3 Å². The molecular weight excluding hydrogens is 262 g/mol. The van der Waals surface area contributed by atoms with Crippen LogP contribution in [0.4, 0.5) is 0 Å². The summed E-state index contributed by atoms with van der Waals surface area (Å²) in [6, 6.07) is 8.02. The minimum atomic E-state index is -0.279. The number of hydrogen-bond acceptors (Lipinski definition) is 3. The molecule has 3 heteroatoms. The monoisotopic (exact) mass is 289 g/mol. The minimum Gasteiger partial charge on any atom is -0.485 e. The van der Waals surface area contributed by atoms with Gasteiger partial charge in [-0.25, -0.2) is 0 Å². The maximum Gasteiger partial charge on any atom is 0.162 e. The lowest BCUT2D eigenvalue weighted by atomic mass is 9.75. The summed E-state index contributed by atoms with van der Waals surface area (Å²) in [4.78, 5) is 2.55. The van der Waals surface area contributed by atoms with Gasteiger partial charge < -0.3 is 9.47 Å². The number of hydrogen-bond donors (Lipinski definition) is 0.